The Morgan fingerprint density at radius 1 is 1.00 bits per heavy atom. The number of nitrogens with one attached hydrogen (secondary N) is 1. The normalized spacial score (nSPS) is 23.7. The fourth-order valence-electron chi connectivity index (χ4n) is 3.33. The standard InChI is InChI=1S/C21H25NO7S/c1-30(26,27)17-9-7-16(8-10-17)28-12-14-11-18(21(25)20(14)24)22-19(23)13-29-15-5-3-2-4-6-15/h2-10,14,18,20-21,24-25H,11-13H2,1H3,(H,22,23)/t14-,18-,20-,21+/m1/s1. The minimum absolute atomic E-state index is 0.114. The number of hydrogen-bond acceptors (Lipinski definition) is 7. The molecule has 3 N–H and O–H groups in total. The number of carbonyl (C=O) groups is 1. The number of aliphatic hydroxyl groups excluding tert-OH is 2. The molecular formula is C21H25NO7S. The lowest BCUT2D eigenvalue weighted by atomic mass is 10.1. The van der Waals surface area contributed by atoms with E-state index in [1.807, 2.05) is 6.07 Å². The van der Waals surface area contributed by atoms with Crippen molar-refractivity contribution in [3.05, 3.63) is 54.6 Å². The van der Waals surface area contributed by atoms with E-state index in [-0.39, 0.29) is 18.1 Å². The first kappa shape index (κ1) is 22.1. The number of rotatable bonds is 8. The van der Waals surface area contributed by atoms with E-state index in [0.717, 1.165) is 6.26 Å². The van der Waals surface area contributed by atoms with Crippen molar-refractivity contribution in [3.8, 4) is 11.5 Å². The van der Waals surface area contributed by atoms with Crippen molar-refractivity contribution in [3.63, 3.8) is 0 Å². The van der Waals surface area contributed by atoms with Crippen LogP contribution in [0.5, 0.6) is 11.5 Å². The van der Waals surface area contributed by atoms with Crippen molar-refractivity contribution in [2.45, 2.75) is 29.6 Å². The zero-order valence-electron chi connectivity index (χ0n) is 16.5. The van der Waals surface area contributed by atoms with Gasteiger partial charge in [-0.05, 0) is 42.8 Å². The van der Waals surface area contributed by atoms with Gasteiger partial charge in [-0.25, -0.2) is 8.42 Å². The van der Waals surface area contributed by atoms with Gasteiger partial charge in [-0.15, -0.1) is 0 Å². The van der Waals surface area contributed by atoms with Crippen LogP contribution in [0.4, 0.5) is 0 Å². The van der Waals surface area contributed by atoms with Crippen molar-refractivity contribution in [1.29, 1.82) is 0 Å². The summed E-state index contributed by atoms with van der Waals surface area (Å²) in [7, 11) is -3.29. The Bertz CT molecular complexity index is 947. The van der Waals surface area contributed by atoms with Gasteiger partial charge in [0.1, 0.15) is 17.6 Å². The van der Waals surface area contributed by atoms with Crippen LogP contribution in [0.25, 0.3) is 0 Å². The molecule has 162 valence electrons. The molecule has 0 spiro atoms. The Hall–Kier alpha value is -2.62. The Balaban J connectivity index is 1.49. The molecule has 0 radical (unpaired) electrons. The minimum atomic E-state index is -3.29. The van der Waals surface area contributed by atoms with E-state index >= 15 is 0 Å². The molecule has 0 heterocycles. The maximum Gasteiger partial charge on any atom is 0.258 e. The number of para-hydroxylation sites is 1. The van der Waals surface area contributed by atoms with Crippen LogP contribution in [0.2, 0.25) is 0 Å². The molecule has 0 aliphatic heterocycles. The average molecular weight is 435 g/mol. The monoisotopic (exact) mass is 435 g/mol. The van der Waals surface area contributed by atoms with Crippen LogP contribution < -0.4 is 14.8 Å². The molecule has 1 fully saturated rings. The zero-order chi connectivity index (χ0) is 21.7. The van der Waals surface area contributed by atoms with Gasteiger partial charge in [0.05, 0.1) is 23.6 Å². The third-order valence-electron chi connectivity index (χ3n) is 4.98. The van der Waals surface area contributed by atoms with Crippen LogP contribution in [-0.4, -0.2) is 62.3 Å². The van der Waals surface area contributed by atoms with E-state index in [2.05, 4.69) is 5.32 Å². The molecule has 2 aromatic rings. The van der Waals surface area contributed by atoms with Crippen LogP contribution in [-0.2, 0) is 14.6 Å². The Labute approximate surface area is 175 Å². The summed E-state index contributed by atoms with van der Waals surface area (Å²) in [4.78, 5) is 12.3. The topological polar surface area (TPSA) is 122 Å². The maximum atomic E-state index is 12.1. The first-order chi connectivity index (χ1) is 14.2. The van der Waals surface area contributed by atoms with E-state index < -0.39 is 39.9 Å². The predicted molar refractivity (Wildman–Crippen MR) is 109 cm³/mol. The molecule has 0 unspecified atom stereocenters. The summed E-state index contributed by atoms with van der Waals surface area (Å²) >= 11 is 0. The van der Waals surface area contributed by atoms with E-state index in [1.54, 1.807) is 24.3 Å². The van der Waals surface area contributed by atoms with Gasteiger partial charge in [-0.1, -0.05) is 18.2 Å². The van der Waals surface area contributed by atoms with Crippen molar-refractivity contribution in [2.24, 2.45) is 5.92 Å². The van der Waals surface area contributed by atoms with Gasteiger partial charge < -0.3 is 25.0 Å². The molecular weight excluding hydrogens is 410 g/mol. The number of ether oxygens (including phenoxy) is 2. The van der Waals surface area contributed by atoms with Gasteiger partial charge in [0.15, 0.2) is 16.4 Å². The summed E-state index contributed by atoms with van der Waals surface area (Å²) in [5.74, 6) is 0.226. The summed E-state index contributed by atoms with van der Waals surface area (Å²) in [6.07, 6.45) is -0.716. The van der Waals surface area contributed by atoms with Gasteiger partial charge in [0.2, 0.25) is 0 Å². The molecule has 1 aliphatic rings. The van der Waals surface area contributed by atoms with Gasteiger partial charge in [0.25, 0.3) is 5.91 Å². The van der Waals surface area contributed by atoms with Crippen LogP contribution >= 0.6 is 0 Å². The average Bonchev–Trinajstić information content (AvgIpc) is 2.99. The Morgan fingerprint density at radius 2 is 1.63 bits per heavy atom. The number of amides is 1. The second kappa shape index (κ2) is 9.46. The van der Waals surface area contributed by atoms with Gasteiger partial charge in [-0.3, -0.25) is 4.79 Å². The number of hydrogen-bond donors (Lipinski definition) is 3. The van der Waals surface area contributed by atoms with Crippen molar-refractivity contribution in [2.75, 3.05) is 19.5 Å². The van der Waals surface area contributed by atoms with Crippen molar-refractivity contribution >= 4 is 15.7 Å². The van der Waals surface area contributed by atoms with Crippen LogP contribution in [0, 0.1) is 5.92 Å². The maximum absolute atomic E-state index is 12.1. The van der Waals surface area contributed by atoms with Crippen LogP contribution in [0.3, 0.4) is 0 Å². The quantitative estimate of drug-likeness (QED) is 0.560. The first-order valence-corrected chi connectivity index (χ1v) is 11.4. The van der Waals surface area contributed by atoms with E-state index in [4.69, 9.17) is 9.47 Å². The SMILES string of the molecule is CS(=O)(=O)c1ccc(OC[C@H]2C[C@@H](NC(=O)COc3ccccc3)[C@H](O)[C@@H]2O)cc1. The summed E-state index contributed by atoms with van der Waals surface area (Å²) in [6.45, 7) is -0.0828. The fraction of sp³-hybridized carbons (Fsp3) is 0.381. The molecule has 3 rings (SSSR count). The third kappa shape index (κ3) is 5.71. The fourth-order valence-corrected chi connectivity index (χ4v) is 3.96. The molecule has 0 aromatic heterocycles. The highest BCUT2D eigenvalue weighted by Crippen LogP contribution is 2.28. The van der Waals surface area contributed by atoms with E-state index in [0.29, 0.717) is 17.9 Å². The smallest absolute Gasteiger partial charge is 0.258 e. The van der Waals surface area contributed by atoms with Gasteiger partial charge >= 0.3 is 0 Å². The van der Waals surface area contributed by atoms with Crippen molar-refractivity contribution in [1.82, 2.24) is 5.32 Å². The molecule has 1 saturated carbocycles. The largest absolute Gasteiger partial charge is 0.493 e. The van der Waals surface area contributed by atoms with E-state index in [1.165, 1.54) is 24.3 Å². The minimum Gasteiger partial charge on any atom is -0.493 e. The summed E-state index contributed by atoms with van der Waals surface area (Å²) in [6, 6.07) is 14.2. The van der Waals surface area contributed by atoms with Crippen LogP contribution in [0.15, 0.2) is 59.5 Å². The predicted octanol–water partition coefficient (Wildman–Crippen LogP) is 0.774. The molecule has 8 nitrogen and oxygen atoms in total. The molecule has 0 saturated heterocycles. The van der Waals surface area contributed by atoms with Gasteiger partial charge in [0, 0.05) is 12.2 Å². The molecule has 30 heavy (non-hydrogen) atoms. The molecule has 9 heteroatoms. The van der Waals surface area contributed by atoms with E-state index in [9.17, 15) is 23.4 Å². The highest BCUT2D eigenvalue weighted by molar-refractivity contribution is 7.90. The van der Waals surface area contributed by atoms with Crippen LogP contribution in [0.1, 0.15) is 6.42 Å². The summed E-state index contributed by atoms with van der Waals surface area (Å²) in [5.41, 5.74) is 0. The zero-order valence-corrected chi connectivity index (χ0v) is 17.3. The molecule has 2 aromatic carbocycles. The first-order valence-electron chi connectivity index (χ1n) is 9.50. The highest BCUT2D eigenvalue weighted by Gasteiger charge is 2.42. The second-order valence-electron chi connectivity index (χ2n) is 7.31. The van der Waals surface area contributed by atoms with Gasteiger partial charge in [-0.2, -0.15) is 0 Å². The number of carbonyl (C=O) groups excluding carboxylic acids is 1. The summed E-state index contributed by atoms with van der Waals surface area (Å²) < 4.78 is 34.0. The lowest BCUT2D eigenvalue weighted by molar-refractivity contribution is -0.124. The number of benzene rings is 2. The molecule has 1 aliphatic carbocycles. The summed E-state index contributed by atoms with van der Waals surface area (Å²) in [5, 5.41) is 23.2. The second-order valence-corrected chi connectivity index (χ2v) is 9.32. The number of sulfone groups is 1. The lowest BCUT2D eigenvalue weighted by Crippen LogP contribution is -2.44. The Morgan fingerprint density at radius 3 is 2.27 bits per heavy atom. The molecule has 1 amide bonds. The lowest BCUT2D eigenvalue weighted by Gasteiger charge is -2.18. The molecule has 0 bridgehead atoms. The highest BCUT2D eigenvalue weighted by atomic mass is 32.2. The third-order valence-corrected chi connectivity index (χ3v) is 6.11. The Kier molecular flexibility index (Phi) is 6.96. The number of aliphatic hydroxyl groups is 2. The molecule has 4 atom stereocenters. The van der Waals surface area contributed by atoms with Crippen molar-refractivity contribution < 1.29 is 32.9 Å².